The van der Waals surface area contributed by atoms with Crippen molar-refractivity contribution in [1.29, 1.82) is 0 Å². The molecule has 0 aromatic heterocycles. The summed E-state index contributed by atoms with van der Waals surface area (Å²) in [5.41, 5.74) is -0.0637. The number of likely N-dealkylation sites (tertiary alicyclic amines) is 1. The van der Waals surface area contributed by atoms with Gasteiger partial charge in [0.1, 0.15) is 35.3 Å². The van der Waals surface area contributed by atoms with Crippen LogP contribution >= 0.6 is 0 Å². The molecule has 2 N–H and O–H groups in total. The van der Waals surface area contributed by atoms with Gasteiger partial charge in [-0.15, -0.1) is 0 Å². The number of halogens is 2. The zero-order valence-corrected chi connectivity index (χ0v) is 16.9. The number of hydrogen-bond acceptors (Lipinski definition) is 4. The zero-order chi connectivity index (χ0) is 22.0. The summed E-state index contributed by atoms with van der Waals surface area (Å²) in [6.45, 7) is 0.983. The van der Waals surface area contributed by atoms with Crippen LogP contribution in [-0.2, 0) is 4.79 Å². The van der Waals surface area contributed by atoms with Gasteiger partial charge in [0, 0.05) is 32.0 Å². The van der Waals surface area contributed by atoms with E-state index in [1.165, 1.54) is 18.2 Å². The third-order valence-electron chi connectivity index (χ3n) is 5.72. The van der Waals surface area contributed by atoms with E-state index in [9.17, 15) is 23.5 Å². The summed E-state index contributed by atoms with van der Waals surface area (Å²) in [5.74, 6) is -1.53. The number of phenols is 1. The van der Waals surface area contributed by atoms with E-state index in [-0.39, 0.29) is 29.3 Å². The Morgan fingerprint density at radius 1 is 1.00 bits per heavy atom. The molecular formula is C23H24F2N2O4. The molecule has 2 aromatic carbocycles. The van der Waals surface area contributed by atoms with Crippen LogP contribution in [0.1, 0.15) is 36.0 Å². The maximum Gasteiger partial charge on any atom is 0.255 e. The average Bonchev–Trinajstić information content (AvgIpc) is 3.59. The number of ether oxygens (including phenoxy) is 1. The van der Waals surface area contributed by atoms with Crippen molar-refractivity contribution in [1.82, 2.24) is 10.2 Å². The molecule has 2 amide bonds. The number of nitrogens with one attached hydrogen (secondary N) is 1. The molecule has 6 nitrogen and oxygen atoms in total. The molecule has 1 saturated heterocycles. The van der Waals surface area contributed by atoms with Crippen LogP contribution in [0.2, 0.25) is 0 Å². The monoisotopic (exact) mass is 430 g/mol. The molecule has 0 spiro atoms. The van der Waals surface area contributed by atoms with E-state index in [2.05, 4.69) is 5.32 Å². The number of rotatable bonds is 6. The molecule has 1 aliphatic heterocycles. The molecular weight excluding hydrogens is 406 g/mol. The van der Waals surface area contributed by atoms with Crippen molar-refractivity contribution >= 4 is 11.8 Å². The van der Waals surface area contributed by atoms with Crippen LogP contribution in [0.25, 0.3) is 0 Å². The van der Waals surface area contributed by atoms with E-state index in [1.54, 1.807) is 17.0 Å². The van der Waals surface area contributed by atoms with Gasteiger partial charge in [0.05, 0.1) is 5.56 Å². The second kappa shape index (κ2) is 8.91. The predicted octanol–water partition coefficient (Wildman–Crippen LogP) is 3.25. The number of phenolic OH excluding ortho intramolecular Hbond substituents is 1. The highest BCUT2D eigenvalue weighted by atomic mass is 19.1. The molecule has 2 fully saturated rings. The molecule has 164 valence electrons. The second-order valence-corrected chi connectivity index (χ2v) is 8.05. The van der Waals surface area contributed by atoms with E-state index in [1.807, 2.05) is 0 Å². The van der Waals surface area contributed by atoms with E-state index in [0.29, 0.717) is 31.7 Å². The van der Waals surface area contributed by atoms with Gasteiger partial charge in [0.15, 0.2) is 0 Å². The topological polar surface area (TPSA) is 78.9 Å². The number of amides is 2. The van der Waals surface area contributed by atoms with E-state index in [0.717, 1.165) is 25.0 Å². The SMILES string of the molecule is O=C(N[C@H](C(=O)N1CCC(Oc2ccc(F)cc2)CC1)C1CC1)c1ccc(F)cc1O. The number of benzene rings is 2. The quantitative estimate of drug-likeness (QED) is 0.738. The minimum absolute atomic E-state index is 0.0622. The molecule has 4 rings (SSSR count). The normalized spacial score (nSPS) is 17.8. The standard InChI is InChI=1S/C23H24F2N2O4/c24-15-3-6-17(7-4-15)31-18-9-11-27(12-10-18)23(30)21(14-1-2-14)26-22(29)19-8-5-16(25)13-20(19)28/h3-8,13-14,18,21,28H,1-2,9-12H2,(H,26,29)/t21-/m0/s1. The highest BCUT2D eigenvalue weighted by Gasteiger charge is 2.40. The van der Waals surface area contributed by atoms with Gasteiger partial charge in [-0.3, -0.25) is 9.59 Å². The van der Waals surface area contributed by atoms with Gasteiger partial charge in [0.25, 0.3) is 5.91 Å². The van der Waals surface area contributed by atoms with Crippen molar-refractivity contribution in [2.24, 2.45) is 5.92 Å². The molecule has 8 heteroatoms. The smallest absolute Gasteiger partial charge is 0.255 e. The number of piperidine rings is 1. The number of carbonyl (C=O) groups excluding carboxylic acids is 2. The van der Waals surface area contributed by atoms with Crippen molar-refractivity contribution in [2.75, 3.05) is 13.1 Å². The summed E-state index contributed by atoms with van der Waals surface area (Å²) in [7, 11) is 0. The highest BCUT2D eigenvalue weighted by molar-refractivity contribution is 5.99. The number of hydrogen-bond donors (Lipinski definition) is 2. The summed E-state index contributed by atoms with van der Waals surface area (Å²) < 4.78 is 32.1. The molecule has 1 aliphatic carbocycles. The van der Waals surface area contributed by atoms with Gasteiger partial charge < -0.3 is 20.1 Å². The Morgan fingerprint density at radius 3 is 2.26 bits per heavy atom. The molecule has 0 bridgehead atoms. The Bertz CT molecular complexity index is 955. The summed E-state index contributed by atoms with van der Waals surface area (Å²) in [6, 6.07) is 8.33. The lowest BCUT2D eigenvalue weighted by Crippen LogP contribution is -2.52. The first-order valence-corrected chi connectivity index (χ1v) is 10.4. The first kappa shape index (κ1) is 21.1. The number of nitrogens with zero attached hydrogens (tertiary/aromatic N) is 1. The maximum atomic E-state index is 13.2. The predicted molar refractivity (Wildman–Crippen MR) is 109 cm³/mol. The minimum atomic E-state index is -0.675. The minimum Gasteiger partial charge on any atom is -0.507 e. The summed E-state index contributed by atoms with van der Waals surface area (Å²) in [6.07, 6.45) is 2.88. The van der Waals surface area contributed by atoms with E-state index >= 15 is 0 Å². The molecule has 2 aliphatic rings. The van der Waals surface area contributed by atoms with Gasteiger partial charge in [-0.05, 0) is 55.2 Å². The highest BCUT2D eigenvalue weighted by Crippen LogP contribution is 2.34. The van der Waals surface area contributed by atoms with Crippen molar-refractivity contribution in [2.45, 2.75) is 37.8 Å². The van der Waals surface area contributed by atoms with Crippen molar-refractivity contribution in [3.8, 4) is 11.5 Å². The van der Waals surface area contributed by atoms with E-state index < -0.39 is 23.5 Å². The van der Waals surface area contributed by atoms with Crippen molar-refractivity contribution in [3.63, 3.8) is 0 Å². The van der Waals surface area contributed by atoms with Crippen molar-refractivity contribution < 1.29 is 28.2 Å². The molecule has 1 heterocycles. The van der Waals surface area contributed by atoms with Gasteiger partial charge >= 0.3 is 0 Å². The van der Waals surface area contributed by atoms with E-state index in [4.69, 9.17) is 4.74 Å². The Hall–Kier alpha value is -3.16. The van der Waals surface area contributed by atoms with Gasteiger partial charge in [-0.25, -0.2) is 8.78 Å². The van der Waals surface area contributed by atoms with Gasteiger partial charge in [0.2, 0.25) is 5.91 Å². The molecule has 0 radical (unpaired) electrons. The van der Waals surface area contributed by atoms with Crippen LogP contribution in [0.4, 0.5) is 8.78 Å². The number of aromatic hydroxyl groups is 1. The maximum absolute atomic E-state index is 13.2. The van der Waals surface area contributed by atoms with Gasteiger partial charge in [-0.2, -0.15) is 0 Å². The molecule has 2 aromatic rings. The van der Waals surface area contributed by atoms with Crippen LogP contribution in [-0.4, -0.2) is 47.1 Å². The largest absolute Gasteiger partial charge is 0.507 e. The van der Waals surface area contributed by atoms with Crippen LogP contribution in [0.5, 0.6) is 11.5 Å². The Labute approximate surface area is 178 Å². The van der Waals surface area contributed by atoms with Crippen molar-refractivity contribution in [3.05, 3.63) is 59.7 Å². The molecule has 1 saturated carbocycles. The lowest BCUT2D eigenvalue weighted by Gasteiger charge is -2.34. The Balaban J connectivity index is 1.35. The third-order valence-corrected chi connectivity index (χ3v) is 5.72. The first-order chi connectivity index (χ1) is 14.9. The van der Waals surface area contributed by atoms with Crippen LogP contribution in [0, 0.1) is 17.6 Å². The fraction of sp³-hybridized carbons (Fsp3) is 0.391. The average molecular weight is 430 g/mol. The Kier molecular flexibility index (Phi) is 6.06. The lowest BCUT2D eigenvalue weighted by atomic mass is 10.0. The fourth-order valence-electron chi connectivity index (χ4n) is 3.82. The van der Waals surface area contributed by atoms with Gasteiger partial charge in [-0.1, -0.05) is 0 Å². The number of carbonyl (C=O) groups is 2. The second-order valence-electron chi connectivity index (χ2n) is 8.05. The van der Waals surface area contributed by atoms with Crippen LogP contribution in [0.3, 0.4) is 0 Å². The molecule has 0 unspecified atom stereocenters. The van der Waals surface area contributed by atoms with Crippen LogP contribution in [0.15, 0.2) is 42.5 Å². The summed E-state index contributed by atoms with van der Waals surface area (Å²) in [5, 5.41) is 12.6. The third kappa shape index (κ3) is 5.13. The first-order valence-electron chi connectivity index (χ1n) is 10.4. The summed E-state index contributed by atoms with van der Waals surface area (Å²) >= 11 is 0. The fourth-order valence-corrected chi connectivity index (χ4v) is 3.82. The molecule has 1 atom stereocenters. The molecule has 31 heavy (non-hydrogen) atoms. The Morgan fingerprint density at radius 2 is 1.65 bits per heavy atom. The lowest BCUT2D eigenvalue weighted by molar-refractivity contribution is -0.135. The zero-order valence-electron chi connectivity index (χ0n) is 16.9. The van der Waals surface area contributed by atoms with Crippen LogP contribution < -0.4 is 10.1 Å². The summed E-state index contributed by atoms with van der Waals surface area (Å²) in [4.78, 5) is 27.4.